The second kappa shape index (κ2) is 16.0. The molecule has 0 bridgehead atoms. The predicted molar refractivity (Wildman–Crippen MR) is 163 cm³/mol. The molecule has 1 aliphatic carbocycles. The summed E-state index contributed by atoms with van der Waals surface area (Å²) >= 11 is 0. The van der Waals surface area contributed by atoms with Gasteiger partial charge in [-0.15, -0.1) is 0 Å². The second-order valence-corrected chi connectivity index (χ2v) is 12.6. The maximum Gasteiger partial charge on any atom is 0.409 e. The Morgan fingerprint density at radius 1 is 0.932 bits per heavy atom. The molecule has 1 aromatic heterocycles. The first-order chi connectivity index (χ1) is 21.2. The van der Waals surface area contributed by atoms with Gasteiger partial charge in [0, 0.05) is 37.8 Å². The molecule has 3 amide bonds. The fourth-order valence-corrected chi connectivity index (χ4v) is 6.98. The van der Waals surface area contributed by atoms with Crippen molar-refractivity contribution in [2.45, 2.75) is 58.6 Å². The third-order valence-electron chi connectivity index (χ3n) is 7.34. The van der Waals surface area contributed by atoms with Gasteiger partial charge in [-0.25, -0.2) is 9.78 Å². The van der Waals surface area contributed by atoms with E-state index in [1.54, 1.807) is 20.8 Å². The molecule has 240 valence electrons. The van der Waals surface area contributed by atoms with Crippen molar-refractivity contribution < 1.29 is 37.5 Å². The molecular formula is C30H42N5O8P. The highest BCUT2D eigenvalue weighted by atomic mass is 31.2. The summed E-state index contributed by atoms with van der Waals surface area (Å²) in [5.74, 6) is -0.563. The molecular weight excluding hydrogens is 589 g/mol. The molecule has 4 rings (SSSR count). The topological polar surface area (TPSA) is 149 Å². The van der Waals surface area contributed by atoms with E-state index >= 15 is 0 Å². The quantitative estimate of drug-likeness (QED) is 0.320. The minimum absolute atomic E-state index is 0.000525. The van der Waals surface area contributed by atoms with Crippen LogP contribution in [0, 0.1) is 0 Å². The minimum atomic E-state index is -3.76. The smallest absolute Gasteiger partial charge is 0.409 e. The molecule has 1 aliphatic heterocycles. The monoisotopic (exact) mass is 631 g/mol. The van der Waals surface area contributed by atoms with E-state index in [0.717, 1.165) is 25.7 Å². The van der Waals surface area contributed by atoms with Gasteiger partial charge in [0.15, 0.2) is 5.82 Å². The number of hydrogen-bond donors (Lipinski definition) is 1. The SMILES string of the molecule is CCOC(=O)N1CCN(C(=O)[C@H](CP(=O)(OCC)OCC)NC(=O)c2cc(OC3CCCC3)nc(-c3ccccc3)n2)CC1. The summed E-state index contributed by atoms with van der Waals surface area (Å²) in [6.45, 7) is 6.45. The van der Waals surface area contributed by atoms with Crippen LogP contribution in [0.2, 0.25) is 0 Å². The summed E-state index contributed by atoms with van der Waals surface area (Å²) in [6.07, 6.45) is 3.09. The molecule has 0 radical (unpaired) electrons. The van der Waals surface area contributed by atoms with Crippen LogP contribution in [0.3, 0.4) is 0 Å². The summed E-state index contributed by atoms with van der Waals surface area (Å²) in [5.41, 5.74) is 0.696. The standard InChI is InChI=1S/C30H42N5O8P/c1-4-40-30(38)35-18-16-34(17-19-35)29(37)25(21-44(39,41-5-2)42-6-3)32-28(36)24-20-26(43-23-14-10-11-15-23)33-27(31-24)22-12-8-7-9-13-22/h7-9,12-13,20,23,25H,4-6,10-11,14-19,21H2,1-3H3,(H,32,36)/t25-/m0/s1. The minimum Gasteiger partial charge on any atom is -0.474 e. The van der Waals surface area contributed by atoms with E-state index in [1.165, 1.54) is 15.9 Å². The molecule has 2 fully saturated rings. The summed E-state index contributed by atoms with van der Waals surface area (Å²) in [4.78, 5) is 51.9. The Morgan fingerprint density at radius 2 is 1.57 bits per heavy atom. The molecule has 1 saturated carbocycles. The van der Waals surface area contributed by atoms with Crippen LogP contribution in [-0.4, -0.2) is 102 Å². The molecule has 0 unspecified atom stereocenters. The Bertz CT molecular complexity index is 1310. The second-order valence-electron chi connectivity index (χ2n) is 10.5. The fourth-order valence-electron chi connectivity index (χ4n) is 5.22. The van der Waals surface area contributed by atoms with Crippen molar-refractivity contribution in [1.82, 2.24) is 25.1 Å². The van der Waals surface area contributed by atoms with Crippen LogP contribution in [0.1, 0.15) is 56.9 Å². The van der Waals surface area contributed by atoms with Crippen molar-refractivity contribution in [3.8, 4) is 17.3 Å². The number of benzene rings is 1. The van der Waals surface area contributed by atoms with Crippen molar-refractivity contribution in [1.29, 1.82) is 0 Å². The summed E-state index contributed by atoms with van der Waals surface area (Å²) < 4.78 is 35.7. The summed E-state index contributed by atoms with van der Waals surface area (Å²) in [6, 6.07) is 9.43. The lowest BCUT2D eigenvalue weighted by atomic mass is 10.2. The first kappa shape index (κ1) is 33.4. The lowest BCUT2D eigenvalue weighted by Gasteiger charge is -2.36. The van der Waals surface area contributed by atoms with Crippen LogP contribution in [0.4, 0.5) is 4.79 Å². The normalized spacial score (nSPS) is 16.4. The number of nitrogens with one attached hydrogen (secondary N) is 1. The molecule has 0 spiro atoms. The molecule has 1 N–H and O–H groups in total. The average molecular weight is 632 g/mol. The molecule has 1 atom stereocenters. The molecule has 13 nitrogen and oxygen atoms in total. The number of carbonyl (C=O) groups excluding carboxylic acids is 3. The molecule has 2 aromatic rings. The maximum absolute atomic E-state index is 13.8. The predicted octanol–water partition coefficient (Wildman–Crippen LogP) is 4.13. The maximum atomic E-state index is 13.8. The number of carbonyl (C=O) groups is 3. The first-order valence-electron chi connectivity index (χ1n) is 15.3. The molecule has 2 heterocycles. The number of rotatable bonds is 13. The highest BCUT2D eigenvalue weighted by Crippen LogP contribution is 2.48. The van der Waals surface area contributed by atoms with Crippen LogP contribution in [0.25, 0.3) is 11.4 Å². The highest BCUT2D eigenvalue weighted by Gasteiger charge is 2.37. The Kier molecular flexibility index (Phi) is 12.1. The Labute approximate surface area is 258 Å². The average Bonchev–Trinajstić information content (AvgIpc) is 3.54. The Morgan fingerprint density at radius 3 is 2.18 bits per heavy atom. The number of amides is 3. The molecule has 44 heavy (non-hydrogen) atoms. The Balaban J connectivity index is 1.59. The van der Waals surface area contributed by atoms with Crippen LogP contribution in [0.15, 0.2) is 36.4 Å². The van der Waals surface area contributed by atoms with Gasteiger partial charge in [-0.1, -0.05) is 30.3 Å². The number of piperazine rings is 1. The van der Waals surface area contributed by atoms with Crippen molar-refractivity contribution >= 4 is 25.5 Å². The van der Waals surface area contributed by atoms with E-state index in [9.17, 15) is 18.9 Å². The lowest BCUT2D eigenvalue weighted by Crippen LogP contribution is -2.57. The van der Waals surface area contributed by atoms with Crippen molar-refractivity contribution in [2.24, 2.45) is 0 Å². The van der Waals surface area contributed by atoms with Crippen LogP contribution < -0.4 is 10.1 Å². The van der Waals surface area contributed by atoms with Gasteiger partial charge in [-0.3, -0.25) is 14.2 Å². The number of hydrogen-bond acceptors (Lipinski definition) is 10. The first-order valence-corrected chi connectivity index (χ1v) is 17.0. The number of aromatic nitrogens is 2. The van der Waals surface area contributed by atoms with E-state index in [4.69, 9.17) is 18.5 Å². The lowest BCUT2D eigenvalue weighted by molar-refractivity contribution is -0.134. The highest BCUT2D eigenvalue weighted by molar-refractivity contribution is 7.54. The van der Waals surface area contributed by atoms with Crippen LogP contribution >= 0.6 is 7.60 Å². The molecule has 1 aromatic carbocycles. The number of nitrogens with zero attached hydrogens (tertiary/aromatic N) is 4. The van der Waals surface area contributed by atoms with Crippen molar-refractivity contribution in [3.05, 3.63) is 42.1 Å². The van der Waals surface area contributed by atoms with E-state index in [0.29, 0.717) is 11.4 Å². The van der Waals surface area contributed by atoms with E-state index in [2.05, 4.69) is 15.3 Å². The largest absolute Gasteiger partial charge is 0.474 e. The molecule has 2 aliphatic rings. The van der Waals surface area contributed by atoms with E-state index in [1.807, 2.05) is 30.3 Å². The molecule has 1 saturated heterocycles. The van der Waals surface area contributed by atoms with E-state index < -0.39 is 31.5 Å². The zero-order valence-corrected chi connectivity index (χ0v) is 26.5. The fraction of sp³-hybridized carbons (Fsp3) is 0.567. The third-order valence-corrected chi connectivity index (χ3v) is 9.45. The van der Waals surface area contributed by atoms with Gasteiger partial charge in [0.25, 0.3) is 5.91 Å². The van der Waals surface area contributed by atoms with Crippen molar-refractivity contribution in [3.63, 3.8) is 0 Å². The zero-order chi connectivity index (χ0) is 31.5. The van der Waals surface area contributed by atoms with Gasteiger partial charge in [0.1, 0.15) is 17.8 Å². The van der Waals surface area contributed by atoms with Crippen LogP contribution in [0.5, 0.6) is 5.88 Å². The van der Waals surface area contributed by atoms with Gasteiger partial charge >= 0.3 is 13.7 Å². The summed E-state index contributed by atoms with van der Waals surface area (Å²) in [5, 5.41) is 2.74. The Hall–Kier alpha value is -3.54. The van der Waals surface area contributed by atoms with Crippen molar-refractivity contribution in [2.75, 3.05) is 52.2 Å². The molecule has 14 heteroatoms. The van der Waals surface area contributed by atoms with Gasteiger partial charge in [-0.2, -0.15) is 4.98 Å². The van der Waals surface area contributed by atoms with E-state index in [-0.39, 0.29) is 69.8 Å². The van der Waals surface area contributed by atoms with Gasteiger partial charge in [-0.05, 0) is 46.5 Å². The van der Waals surface area contributed by atoms with Gasteiger partial charge < -0.3 is 33.6 Å². The number of ether oxygens (including phenoxy) is 2. The van der Waals surface area contributed by atoms with Gasteiger partial charge in [0.2, 0.25) is 11.8 Å². The third kappa shape index (κ3) is 8.99. The van der Waals surface area contributed by atoms with Gasteiger partial charge in [0.05, 0.1) is 26.0 Å². The summed E-state index contributed by atoms with van der Waals surface area (Å²) in [7, 11) is -3.76. The van der Waals surface area contributed by atoms with Crippen LogP contribution in [-0.2, 0) is 23.1 Å². The zero-order valence-electron chi connectivity index (χ0n) is 25.6.